The summed E-state index contributed by atoms with van der Waals surface area (Å²) >= 11 is 7.59. The van der Waals surface area contributed by atoms with Gasteiger partial charge in [-0.25, -0.2) is 24.1 Å². The molecule has 0 saturated heterocycles. The molecule has 0 aliphatic heterocycles. The summed E-state index contributed by atoms with van der Waals surface area (Å²) in [4.78, 5) is 33.9. The Hall–Kier alpha value is -4.16. The number of pyridine rings is 2. The topological polar surface area (TPSA) is 121 Å². The molecule has 1 amide bonds. The maximum atomic E-state index is 14.8. The number of hydrogen-bond donors (Lipinski definition) is 1. The number of thiazole rings is 1. The Balaban J connectivity index is 1.31. The maximum absolute atomic E-state index is 14.8. The average molecular weight is 555 g/mol. The van der Waals surface area contributed by atoms with E-state index in [2.05, 4.69) is 30.2 Å². The maximum Gasteiger partial charge on any atom is 0.412 e. The standard InChI is InChI=1S/C25H20ClFN6O4S/c1-12(37-25(34)31-16-8-28-13(2)29-9-16)11-36-22-19(27)7-20-24(33-22)38-23(32-20)18-6-15(26)4-14-5-17(35-3)10-30-21(14)18/h4-10,12H,11H2,1-3H3,(H,31,34)/t12-/m1/s1. The fourth-order valence-electron chi connectivity index (χ4n) is 3.53. The number of nitrogens with zero attached hydrogens (tertiary/aromatic N) is 5. The summed E-state index contributed by atoms with van der Waals surface area (Å²) in [5.41, 5.74) is 2.11. The summed E-state index contributed by atoms with van der Waals surface area (Å²) < 4.78 is 30.8. The molecule has 38 heavy (non-hydrogen) atoms. The summed E-state index contributed by atoms with van der Waals surface area (Å²) in [5, 5.41) is 4.37. The number of anilines is 1. The summed E-state index contributed by atoms with van der Waals surface area (Å²) in [7, 11) is 1.56. The minimum Gasteiger partial charge on any atom is -0.495 e. The molecule has 1 N–H and O–H groups in total. The SMILES string of the molecule is COc1cnc2c(-c3nc4cc(F)c(OC[C@@H](C)OC(=O)Nc5cnc(C)nc5)nc4s3)cc(Cl)cc2c1. The molecule has 5 rings (SSSR count). The highest BCUT2D eigenvalue weighted by molar-refractivity contribution is 7.21. The van der Waals surface area contributed by atoms with Crippen LogP contribution in [0.15, 0.2) is 42.9 Å². The number of carbonyl (C=O) groups is 1. The third-order valence-electron chi connectivity index (χ3n) is 5.28. The van der Waals surface area contributed by atoms with Gasteiger partial charge in [-0.05, 0) is 32.0 Å². The molecule has 4 aromatic heterocycles. The van der Waals surface area contributed by atoms with Crippen molar-refractivity contribution in [2.45, 2.75) is 20.0 Å². The van der Waals surface area contributed by atoms with Gasteiger partial charge in [-0.2, -0.15) is 4.98 Å². The van der Waals surface area contributed by atoms with Crippen molar-refractivity contribution in [2.75, 3.05) is 19.0 Å². The summed E-state index contributed by atoms with van der Waals surface area (Å²) in [6.07, 6.45) is 3.11. The number of fused-ring (bicyclic) bond motifs is 2. The van der Waals surface area contributed by atoms with Crippen LogP contribution in [0.5, 0.6) is 11.6 Å². The minimum absolute atomic E-state index is 0.121. The number of benzene rings is 1. The van der Waals surface area contributed by atoms with Crippen LogP contribution < -0.4 is 14.8 Å². The molecule has 0 aliphatic rings. The normalized spacial score (nSPS) is 11.9. The summed E-state index contributed by atoms with van der Waals surface area (Å²) in [6, 6.07) is 6.61. The number of amides is 1. The van der Waals surface area contributed by atoms with Crippen LogP contribution in [0, 0.1) is 12.7 Å². The van der Waals surface area contributed by atoms with Gasteiger partial charge in [0.2, 0.25) is 0 Å². The number of aromatic nitrogens is 5. The lowest BCUT2D eigenvalue weighted by Crippen LogP contribution is -2.25. The van der Waals surface area contributed by atoms with Crippen molar-refractivity contribution in [3.63, 3.8) is 0 Å². The van der Waals surface area contributed by atoms with Gasteiger partial charge in [-0.15, -0.1) is 0 Å². The van der Waals surface area contributed by atoms with Crippen molar-refractivity contribution in [3.8, 4) is 22.2 Å². The molecule has 1 aromatic carbocycles. The number of nitrogens with one attached hydrogen (secondary N) is 1. The van der Waals surface area contributed by atoms with Gasteiger partial charge in [-0.1, -0.05) is 22.9 Å². The summed E-state index contributed by atoms with van der Waals surface area (Å²) in [6.45, 7) is 3.22. The highest BCUT2D eigenvalue weighted by Crippen LogP contribution is 2.37. The Morgan fingerprint density at radius 1 is 1.13 bits per heavy atom. The van der Waals surface area contributed by atoms with Gasteiger partial charge in [0.1, 0.15) is 39.6 Å². The first-order valence-corrected chi connectivity index (χ1v) is 12.5. The molecule has 0 fully saturated rings. The molecular weight excluding hydrogens is 535 g/mol. The first kappa shape index (κ1) is 25.5. The van der Waals surface area contributed by atoms with Crippen LogP contribution in [0.2, 0.25) is 5.02 Å². The fourth-order valence-corrected chi connectivity index (χ4v) is 4.68. The van der Waals surface area contributed by atoms with Crippen molar-refractivity contribution in [1.29, 1.82) is 0 Å². The Labute approximate surface area is 224 Å². The van der Waals surface area contributed by atoms with Crippen molar-refractivity contribution in [2.24, 2.45) is 0 Å². The molecule has 194 valence electrons. The predicted molar refractivity (Wildman–Crippen MR) is 142 cm³/mol. The molecule has 0 bridgehead atoms. The van der Waals surface area contributed by atoms with E-state index in [4.69, 9.17) is 25.8 Å². The van der Waals surface area contributed by atoms with Crippen LogP contribution in [0.4, 0.5) is 14.9 Å². The van der Waals surface area contributed by atoms with Crippen LogP contribution >= 0.6 is 22.9 Å². The van der Waals surface area contributed by atoms with E-state index in [1.54, 1.807) is 39.3 Å². The zero-order chi connectivity index (χ0) is 26.8. The van der Waals surface area contributed by atoms with Gasteiger partial charge in [-0.3, -0.25) is 10.3 Å². The van der Waals surface area contributed by atoms with Crippen LogP contribution in [0.3, 0.4) is 0 Å². The molecule has 0 unspecified atom stereocenters. The molecular formula is C25H20ClFN6O4S. The minimum atomic E-state index is -0.718. The lowest BCUT2D eigenvalue weighted by molar-refractivity contribution is 0.0827. The predicted octanol–water partition coefficient (Wildman–Crippen LogP) is 5.82. The van der Waals surface area contributed by atoms with Crippen molar-refractivity contribution in [1.82, 2.24) is 24.9 Å². The number of halogens is 2. The Kier molecular flexibility index (Phi) is 7.16. The lowest BCUT2D eigenvalue weighted by atomic mass is 10.1. The molecule has 1 atom stereocenters. The molecule has 10 nitrogen and oxygen atoms in total. The molecule has 5 aromatic rings. The van der Waals surface area contributed by atoms with Crippen molar-refractivity contribution >= 4 is 56.0 Å². The van der Waals surface area contributed by atoms with Crippen LogP contribution in [-0.2, 0) is 4.74 Å². The van der Waals surface area contributed by atoms with E-state index < -0.39 is 18.0 Å². The van der Waals surface area contributed by atoms with E-state index in [0.717, 1.165) is 5.39 Å². The largest absolute Gasteiger partial charge is 0.495 e. The van der Waals surface area contributed by atoms with Crippen LogP contribution in [0.25, 0.3) is 31.8 Å². The molecule has 0 saturated carbocycles. The lowest BCUT2D eigenvalue weighted by Gasteiger charge is -2.14. The first-order valence-electron chi connectivity index (χ1n) is 11.3. The fraction of sp³-hybridized carbons (Fsp3) is 0.200. The molecule has 0 radical (unpaired) electrons. The van der Waals surface area contributed by atoms with Gasteiger partial charge >= 0.3 is 6.09 Å². The molecule has 0 aliphatic carbocycles. The monoisotopic (exact) mass is 554 g/mol. The van der Waals surface area contributed by atoms with E-state index in [1.165, 1.54) is 29.8 Å². The molecule has 4 heterocycles. The number of hydrogen-bond acceptors (Lipinski definition) is 10. The zero-order valence-corrected chi connectivity index (χ0v) is 21.9. The Morgan fingerprint density at radius 2 is 1.92 bits per heavy atom. The quantitative estimate of drug-likeness (QED) is 0.265. The van der Waals surface area contributed by atoms with E-state index in [9.17, 15) is 9.18 Å². The van der Waals surface area contributed by atoms with E-state index >= 15 is 0 Å². The summed E-state index contributed by atoms with van der Waals surface area (Å²) in [5.74, 6) is 0.250. The second kappa shape index (κ2) is 10.7. The van der Waals surface area contributed by atoms with E-state index in [1.807, 2.05) is 6.07 Å². The number of methoxy groups -OCH3 is 1. The number of aryl methyl sites for hydroxylation is 1. The van der Waals surface area contributed by atoms with Crippen molar-refractivity contribution < 1.29 is 23.4 Å². The van der Waals surface area contributed by atoms with Crippen molar-refractivity contribution in [3.05, 3.63) is 59.5 Å². The number of rotatable bonds is 7. The van der Waals surface area contributed by atoms with Gasteiger partial charge in [0, 0.05) is 22.0 Å². The second-order valence-corrected chi connectivity index (χ2v) is 9.60. The highest BCUT2D eigenvalue weighted by Gasteiger charge is 2.18. The highest BCUT2D eigenvalue weighted by atomic mass is 35.5. The number of carbonyl (C=O) groups excluding carboxylic acids is 1. The first-order chi connectivity index (χ1) is 18.3. The number of ether oxygens (including phenoxy) is 3. The molecule has 0 spiro atoms. The van der Waals surface area contributed by atoms with Crippen LogP contribution in [-0.4, -0.2) is 50.8 Å². The van der Waals surface area contributed by atoms with Crippen LogP contribution in [0.1, 0.15) is 12.7 Å². The zero-order valence-electron chi connectivity index (χ0n) is 20.4. The van der Waals surface area contributed by atoms with Gasteiger partial charge in [0.15, 0.2) is 5.82 Å². The van der Waals surface area contributed by atoms with E-state index in [0.29, 0.717) is 48.7 Å². The van der Waals surface area contributed by atoms with Gasteiger partial charge < -0.3 is 14.2 Å². The Bertz CT molecular complexity index is 1650. The van der Waals surface area contributed by atoms with E-state index in [-0.39, 0.29) is 12.5 Å². The third kappa shape index (κ3) is 5.55. The van der Waals surface area contributed by atoms with Gasteiger partial charge in [0.05, 0.1) is 36.9 Å². The molecule has 13 heteroatoms. The Morgan fingerprint density at radius 3 is 2.68 bits per heavy atom. The van der Waals surface area contributed by atoms with Gasteiger partial charge in [0.25, 0.3) is 5.88 Å². The average Bonchev–Trinajstić information content (AvgIpc) is 3.30. The second-order valence-electron chi connectivity index (χ2n) is 8.19. The third-order valence-corrected chi connectivity index (χ3v) is 6.50. The smallest absolute Gasteiger partial charge is 0.412 e.